The normalized spacial score (nSPS) is 32.2. The Labute approximate surface area is 148 Å². The Bertz CT molecular complexity index is 727. The maximum absolute atomic E-state index is 12.2. The number of hydrogen-bond donors (Lipinski definition) is 5. The molecule has 0 radical (unpaired) electrons. The quantitative estimate of drug-likeness (QED) is 0.258. The first-order valence-electron chi connectivity index (χ1n) is 7.39. The summed E-state index contributed by atoms with van der Waals surface area (Å²) in [5.41, 5.74) is 6.16. The molecule has 1 aliphatic heterocycles. The Morgan fingerprint density at radius 1 is 1.23 bits per heavy atom. The molecule has 0 aliphatic carbocycles. The van der Waals surface area contributed by atoms with E-state index in [0.717, 1.165) is 0 Å². The molecular weight excluding hydrogens is 374 g/mol. The van der Waals surface area contributed by atoms with Crippen LogP contribution in [0.25, 0.3) is 0 Å². The predicted octanol–water partition coefficient (Wildman–Crippen LogP) is -2.31. The molecular formula is C14H19NO10S. The van der Waals surface area contributed by atoms with Crippen molar-refractivity contribution in [1.29, 1.82) is 0 Å². The summed E-state index contributed by atoms with van der Waals surface area (Å²) < 4.78 is 43.8. The van der Waals surface area contributed by atoms with Gasteiger partial charge in [0, 0.05) is 0 Å². The molecule has 5 atom stereocenters. The number of ether oxygens (including phenoxy) is 2. The van der Waals surface area contributed by atoms with Crippen molar-refractivity contribution in [3.63, 3.8) is 0 Å². The molecule has 1 fully saturated rings. The van der Waals surface area contributed by atoms with Gasteiger partial charge in [-0.3, -0.25) is 4.55 Å². The monoisotopic (exact) mass is 393 g/mol. The van der Waals surface area contributed by atoms with Gasteiger partial charge < -0.3 is 30.5 Å². The number of rotatable bonds is 6. The number of aliphatic hydroxyl groups is 3. The molecule has 0 amide bonds. The number of benzene rings is 1. The second kappa shape index (κ2) is 7.94. The molecule has 1 aromatic rings. The third kappa shape index (κ3) is 4.75. The van der Waals surface area contributed by atoms with Gasteiger partial charge in [-0.1, -0.05) is 30.3 Å². The van der Waals surface area contributed by atoms with Crippen LogP contribution in [-0.2, 0) is 35.5 Å². The molecule has 1 aliphatic rings. The zero-order valence-corrected chi connectivity index (χ0v) is 14.2. The van der Waals surface area contributed by atoms with Gasteiger partial charge in [0.25, 0.3) is 5.79 Å². The lowest BCUT2D eigenvalue weighted by Gasteiger charge is -2.44. The van der Waals surface area contributed by atoms with Gasteiger partial charge in [0.1, 0.15) is 24.9 Å². The largest absolute Gasteiger partial charge is 0.457 e. The van der Waals surface area contributed by atoms with E-state index in [4.69, 9.17) is 19.8 Å². The van der Waals surface area contributed by atoms with Gasteiger partial charge in [-0.05, 0) is 5.56 Å². The molecule has 6 N–H and O–H groups in total. The first-order valence-corrected chi connectivity index (χ1v) is 8.76. The Morgan fingerprint density at radius 3 is 2.42 bits per heavy atom. The van der Waals surface area contributed by atoms with E-state index in [0.29, 0.717) is 5.56 Å². The van der Waals surface area contributed by atoms with E-state index in [1.807, 2.05) is 0 Å². The molecule has 2 rings (SSSR count). The van der Waals surface area contributed by atoms with Crippen molar-refractivity contribution >= 4 is 16.4 Å². The van der Waals surface area contributed by atoms with Crippen molar-refractivity contribution in [3.05, 3.63) is 35.9 Å². The Balaban J connectivity index is 2.11. The lowest BCUT2D eigenvalue weighted by atomic mass is 9.91. The first kappa shape index (κ1) is 20.7. The highest BCUT2D eigenvalue weighted by Gasteiger charge is 2.57. The van der Waals surface area contributed by atoms with Crippen LogP contribution in [0.15, 0.2) is 30.3 Å². The summed E-state index contributed by atoms with van der Waals surface area (Å²) in [5.74, 6) is -4.22. The topological polar surface area (TPSA) is 186 Å². The van der Waals surface area contributed by atoms with Crippen molar-refractivity contribution in [2.24, 2.45) is 5.73 Å². The molecule has 1 heterocycles. The molecule has 146 valence electrons. The minimum Gasteiger partial charge on any atom is -0.457 e. The first-order chi connectivity index (χ1) is 12.0. The average molecular weight is 393 g/mol. The number of hydrogen-bond acceptors (Lipinski definition) is 10. The summed E-state index contributed by atoms with van der Waals surface area (Å²) in [6.07, 6.45) is -5.36. The summed E-state index contributed by atoms with van der Waals surface area (Å²) in [4.78, 5) is 12.2. The summed E-state index contributed by atoms with van der Waals surface area (Å²) in [7, 11) is -4.88. The van der Waals surface area contributed by atoms with Crippen molar-refractivity contribution < 1.29 is 46.7 Å². The van der Waals surface area contributed by atoms with Gasteiger partial charge in [-0.2, -0.15) is 8.42 Å². The number of carbonyl (C=O) groups is 1. The highest BCUT2D eigenvalue weighted by atomic mass is 32.3. The van der Waals surface area contributed by atoms with Crippen LogP contribution in [0.5, 0.6) is 0 Å². The van der Waals surface area contributed by atoms with Crippen LogP contribution in [-0.4, -0.2) is 71.0 Å². The summed E-state index contributed by atoms with van der Waals surface area (Å²) in [5, 5.41) is 30.2. The highest BCUT2D eigenvalue weighted by Crippen LogP contribution is 2.29. The van der Waals surface area contributed by atoms with E-state index in [1.54, 1.807) is 30.3 Å². The molecule has 0 aromatic heterocycles. The molecule has 0 bridgehead atoms. The van der Waals surface area contributed by atoms with E-state index < -0.39 is 53.1 Å². The van der Waals surface area contributed by atoms with Crippen molar-refractivity contribution in [2.45, 2.75) is 36.7 Å². The summed E-state index contributed by atoms with van der Waals surface area (Å²) >= 11 is 0. The van der Waals surface area contributed by atoms with Crippen LogP contribution >= 0.6 is 0 Å². The minimum absolute atomic E-state index is 0.233. The second-order valence-electron chi connectivity index (χ2n) is 5.63. The Morgan fingerprint density at radius 2 is 1.85 bits per heavy atom. The smallest absolute Gasteiger partial charge is 0.397 e. The maximum Gasteiger partial charge on any atom is 0.397 e. The number of aliphatic hydroxyl groups excluding tert-OH is 2. The zero-order chi connectivity index (χ0) is 19.5. The molecule has 0 saturated carbocycles. The molecule has 0 spiro atoms. The van der Waals surface area contributed by atoms with E-state index >= 15 is 0 Å². The lowest BCUT2D eigenvalue weighted by Crippen LogP contribution is -2.71. The zero-order valence-electron chi connectivity index (χ0n) is 13.3. The van der Waals surface area contributed by atoms with Gasteiger partial charge in [0.2, 0.25) is 0 Å². The van der Waals surface area contributed by atoms with Gasteiger partial charge in [0.15, 0.2) is 0 Å². The third-order valence-corrected chi connectivity index (χ3v) is 4.20. The van der Waals surface area contributed by atoms with Crippen LogP contribution in [0, 0.1) is 0 Å². The Hall–Kier alpha value is -1.64. The van der Waals surface area contributed by atoms with Gasteiger partial charge in [0.05, 0.1) is 12.6 Å². The van der Waals surface area contributed by atoms with Crippen LogP contribution in [0.4, 0.5) is 0 Å². The van der Waals surface area contributed by atoms with Crippen LogP contribution in [0.2, 0.25) is 0 Å². The van der Waals surface area contributed by atoms with E-state index in [2.05, 4.69) is 4.18 Å². The number of esters is 1. The fourth-order valence-electron chi connectivity index (χ4n) is 2.34. The Kier molecular flexibility index (Phi) is 6.31. The van der Waals surface area contributed by atoms with Crippen LogP contribution in [0.1, 0.15) is 5.56 Å². The van der Waals surface area contributed by atoms with E-state index in [1.165, 1.54) is 0 Å². The number of nitrogens with two attached hydrogens (primary N) is 1. The van der Waals surface area contributed by atoms with Crippen LogP contribution < -0.4 is 5.73 Å². The van der Waals surface area contributed by atoms with E-state index in [-0.39, 0.29) is 6.61 Å². The SMILES string of the molecule is N[C@@H]1[C@@H](O)[C@@H](O)[C@@H](COS(=O)(=O)O)OC1(O)C(=O)OCc1ccccc1. The predicted molar refractivity (Wildman–Crippen MR) is 83.6 cm³/mol. The molecule has 1 saturated heterocycles. The minimum atomic E-state index is -4.88. The lowest BCUT2D eigenvalue weighted by molar-refractivity contribution is -0.307. The third-order valence-electron chi connectivity index (χ3n) is 3.77. The second-order valence-corrected chi connectivity index (χ2v) is 6.72. The fourth-order valence-corrected chi connectivity index (χ4v) is 2.65. The van der Waals surface area contributed by atoms with Gasteiger partial charge in [-0.15, -0.1) is 0 Å². The average Bonchev–Trinajstić information content (AvgIpc) is 2.60. The van der Waals surface area contributed by atoms with Crippen LogP contribution in [0.3, 0.4) is 0 Å². The summed E-state index contributed by atoms with van der Waals surface area (Å²) in [6, 6.07) is 6.66. The van der Waals surface area contributed by atoms with Crippen molar-refractivity contribution in [2.75, 3.05) is 6.61 Å². The standard InChI is InChI=1S/C14H19NO10S/c15-12-11(17)10(16)9(7-24-26(20,21)22)25-14(12,19)13(18)23-6-8-4-2-1-3-5-8/h1-5,9-12,16-17,19H,6-7,15H2,(H,20,21,22)/t9-,10+,11+,12-,14?/m1/s1. The molecule has 1 aromatic carbocycles. The van der Waals surface area contributed by atoms with Gasteiger partial charge in [-0.25, -0.2) is 8.98 Å². The molecule has 12 heteroatoms. The van der Waals surface area contributed by atoms with Gasteiger partial charge >= 0.3 is 16.4 Å². The van der Waals surface area contributed by atoms with E-state index in [9.17, 15) is 28.5 Å². The maximum atomic E-state index is 12.2. The molecule has 1 unspecified atom stereocenters. The van der Waals surface area contributed by atoms with Crippen molar-refractivity contribution in [3.8, 4) is 0 Å². The summed E-state index contributed by atoms with van der Waals surface area (Å²) in [6.45, 7) is -1.22. The highest BCUT2D eigenvalue weighted by molar-refractivity contribution is 7.80. The number of carbonyl (C=O) groups excluding carboxylic acids is 1. The van der Waals surface area contributed by atoms with Crippen molar-refractivity contribution in [1.82, 2.24) is 0 Å². The molecule has 11 nitrogen and oxygen atoms in total. The fraction of sp³-hybridized carbons (Fsp3) is 0.500. The molecule has 26 heavy (non-hydrogen) atoms.